The Bertz CT molecular complexity index is 1100. The molecule has 154 valence electrons. The summed E-state index contributed by atoms with van der Waals surface area (Å²) in [5.74, 6) is 0.782. The normalized spacial score (nSPS) is 20.3. The number of piperazine rings is 1. The van der Waals surface area contributed by atoms with E-state index in [1.54, 1.807) is 0 Å². The lowest BCUT2D eigenvalue weighted by Gasteiger charge is -2.35. The van der Waals surface area contributed by atoms with Crippen molar-refractivity contribution in [2.45, 2.75) is 44.7 Å². The maximum atomic E-state index is 13.4. The molecule has 2 aromatic heterocycles. The highest BCUT2D eigenvalue weighted by molar-refractivity contribution is 5.82. The van der Waals surface area contributed by atoms with Gasteiger partial charge in [-0.2, -0.15) is 0 Å². The molecule has 5 nitrogen and oxygen atoms in total. The summed E-state index contributed by atoms with van der Waals surface area (Å²) < 4.78 is 13.4. The second kappa shape index (κ2) is 7.67. The summed E-state index contributed by atoms with van der Waals surface area (Å²) in [6.45, 7) is 3.41. The van der Waals surface area contributed by atoms with Crippen LogP contribution in [-0.4, -0.2) is 45.9 Å². The zero-order valence-corrected chi connectivity index (χ0v) is 17.1. The first-order valence-corrected chi connectivity index (χ1v) is 10.6. The molecule has 4 heterocycles. The molecule has 0 aliphatic carbocycles. The summed E-state index contributed by atoms with van der Waals surface area (Å²) in [4.78, 5) is 25.9. The van der Waals surface area contributed by atoms with E-state index in [9.17, 15) is 9.18 Å². The average molecular weight is 404 g/mol. The van der Waals surface area contributed by atoms with Gasteiger partial charge in [0.05, 0.1) is 23.8 Å². The minimum atomic E-state index is -0.306. The van der Waals surface area contributed by atoms with E-state index in [0.717, 1.165) is 49.2 Å². The number of nitrogens with zero attached hydrogens (tertiary/aromatic N) is 4. The molecule has 1 amide bonds. The number of halogens is 1. The highest BCUT2D eigenvalue weighted by Gasteiger charge is 2.45. The van der Waals surface area contributed by atoms with Crippen LogP contribution in [0.25, 0.3) is 10.9 Å². The second-order valence-electron chi connectivity index (χ2n) is 8.38. The van der Waals surface area contributed by atoms with Crippen molar-refractivity contribution in [1.82, 2.24) is 14.9 Å². The molecule has 0 spiro atoms. The van der Waals surface area contributed by atoms with Crippen LogP contribution in [0.5, 0.6) is 0 Å². The summed E-state index contributed by atoms with van der Waals surface area (Å²) in [5, 5.41) is 1.17. The largest absolute Gasteiger partial charge is 0.349 e. The Kier molecular flexibility index (Phi) is 4.85. The van der Waals surface area contributed by atoms with Gasteiger partial charge in [-0.3, -0.25) is 9.78 Å². The Morgan fingerprint density at radius 3 is 2.87 bits per heavy atom. The Balaban J connectivity index is 1.19. The first-order valence-electron chi connectivity index (χ1n) is 10.6. The molecule has 1 aromatic carbocycles. The van der Waals surface area contributed by atoms with Gasteiger partial charge in [0.25, 0.3) is 0 Å². The number of fused-ring (bicyclic) bond motifs is 3. The molecule has 0 unspecified atom stereocenters. The standard InChI is InChI=1S/C24H25FN4O/c1-16-11-18(25)13-27-24(16)29-15-19-12-20(29)14-28(19)23(30)9-3-6-17-5-2-8-22-21(17)7-4-10-26-22/h2,4-5,7-8,10-11,13,19-20H,3,6,9,12,14-15H2,1H3/t19-,20-/m1/s1. The molecule has 5 rings (SSSR count). The number of pyridine rings is 2. The van der Waals surface area contributed by atoms with E-state index in [1.807, 2.05) is 36.2 Å². The third-order valence-electron chi connectivity index (χ3n) is 6.42. The highest BCUT2D eigenvalue weighted by atomic mass is 19.1. The SMILES string of the molecule is Cc1cc(F)cnc1N1C[C@H]2C[C@@H]1CN2C(=O)CCCc1cccc2ncccc12. The lowest BCUT2D eigenvalue weighted by molar-refractivity contribution is -0.132. The van der Waals surface area contributed by atoms with E-state index in [2.05, 4.69) is 27.0 Å². The predicted molar refractivity (Wildman–Crippen MR) is 115 cm³/mol. The fourth-order valence-electron chi connectivity index (χ4n) is 5.02. The third-order valence-corrected chi connectivity index (χ3v) is 6.42. The number of hydrogen-bond donors (Lipinski definition) is 0. The zero-order chi connectivity index (χ0) is 20.7. The average Bonchev–Trinajstić information content (AvgIpc) is 3.35. The number of rotatable bonds is 5. The molecule has 0 N–H and O–H groups in total. The Morgan fingerprint density at radius 2 is 2.07 bits per heavy atom. The molecule has 2 fully saturated rings. The van der Waals surface area contributed by atoms with Gasteiger partial charge in [0, 0.05) is 31.1 Å². The molecule has 2 aliphatic heterocycles. The fourth-order valence-corrected chi connectivity index (χ4v) is 5.02. The summed E-state index contributed by atoms with van der Waals surface area (Å²) in [7, 11) is 0. The van der Waals surface area contributed by atoms with Crippen molar-refractivity contribution in [2.75, 3.05) is 18.0 Å². The zero-order valence-electron chi connectivity index (χ0n) is 17.1. The van der Waals surface area contributed by atoms with Crippen molar-refractivity contribution in [3.05, 3.63) is 65.7 Å². The van der Waals surface area contributed by atoms with Gasteiger partial charge in [-0.25, -0.2) is 9.37 Å². The number of benzene rings is 1. The molecule has 2 atom stereocenters. The number of aromatic nitrogens is 2. The first kappa shape index (κ1) is 19.0. The third kappa shape index (κ3) is 3.40. The van der Waals surface area contributed by atoms with E-state index >= 15 is 0 Å². The minimum Gasteiger partial charge on any atom is -0.349 e. The van der Waals surface area contributed by atoms with E-state index in [1.165, 1.54) is 23.2 Å². The summed E-state index contributed by atoms with van der Waals surface area (Å²) >= 11 is 0. The number of carbonyl (C=O) groups excluding carboxylic acids is 1. The molecule has 2 aliphatic rings. The van der Waals surface area contributed by atoms with Crippen molar-refractivity contribution in [3.63, 3.8) is 0 Å². The van der Waals surface area contributed by atoms with Gasteiger partial charge >= 0.3 is 0 Å². The van der Waals surface area contributed by atoms with Crippen molar-refractivity contribution in [3.8, 4) is 0 Å². The van der Waals surface area contributed by atoms with Gasteiger partial charge in [-0.15, -0.1) is 0 Å². The van der Waals surface area contributed by atoms with Crippen LogP contribution < -0.4 is 4.90 Å². The Hall–Kier alpha value is -3.02. The van der Waals surface area contributed by atoms with Gasteiger partial charge in [0.1, 0.15) is 11.6 Å². The predicted octanol–water partition coefficient (Wildman–Crippen LogP) is 3.89. The number of anilines is 1. The lowest BCUT2D eigenvalue weighted by atomic mass is 10.0. The van der Waals surface area contributed by atoms with Crippen LogP contribution in [0.3, 0.4) is 0 Å². The molecule has 2 saturated heterocycles. The van der Waals surface area contributed by atoms with E-state index in [-0.39, 0.29) is 23.8 Å². The van der Waals surface area contributed by atoms with Crippen molar-refractivity contribution in [2.24, 2.45) is 0 Å². The number of hydrogen-bond acceptors (Lipinski definition) is 4. The monoisotopic (exact) mass is 404 g/mol. The van der Waals surface area contributed by atoms with E-state index < -0.39 is 0 Å². The molecule has 0 saturated carbocycles. The quantitative estimate of drug-likeness (QED) is 0.647. The molecule has 0 radical (unpaired) electrons. The molecular weight excluding hydrogens is 379 g/mol. The number of likely N-dealkylation sites (tertiary alicyclic amines) is 1. The smallest absolute Gasteiger partial charge is 0.222 e. The van der Waals surface area contributed by atoms with Gasteiger partial charge in [-0.05, 0) is 55.5 Å². The maximum absolute atomic E-state index is 13.4. The van der Waals surface area contributed by atoms with Crippen LogP contribution >= 0.6 is 0 Å². The Labute approximate surface area is 175 Å². The summed E-state index contributed by atoms with van der Waals surface area (Å²) in [5.41, 5.74) is 3.10. The van der Waals surface area contributed by atoms with E-state index in [0.29, 0.717) is 6.42 Å². The van der Waals surface area contributed by atoms with Gasteiger partial charge < -0.3 is 9.80 Å². The summed E-state index contributed by atoms with van der Waals surface area (Å²) in [6.07, 6.45) is 6.34. The maximum Gasteiger partial charge on any atom is 0.222 e. The van der Waals surface area contributed by atoms with E-state index in [4.69, 9.17) is 0 Å². The van der Waals surface area contributed by atoms with Crippen LogP contribution in [0.4, 0.5) is 10.2 Å². The topological polar surface area (TPSA) is 49.3 Å². The Morgan fingerprint density at radius 1 is 1.17 bits per heavy atom. The molecular formula is C24H25FN4O. The molecule has 30 heavy (non-hydrogen) atoms. The molecule has 2 bridgehead atoms. The first-order chi connectivity index (χ1) is 14.6. The fraction of sp³-hybridized carbons (Fsp3) is 0.375. The van der Waals surface area contributed by atoms with Gasteiger partial charge in [-0.1, -0.05) is 18.2 Å². The number of aryl methyl sites for hydroxylation is 2. The number of carbonyl (C=O) groups is 1. The molecule has 6 heteroatoms. The second-order valence-corrected chi connectivity index (χ2v) is 8.38. The minimum absolute atomic E-state index is 0.232. The van der Waals surface area contributed by atoms with Crippen LogP contribution in [0.2, 0.25) is 0 Å². The summed E-state index contributed by atoms with van der Waals surface area (Å²) in [6, 6.07) is 12.3. The highest BCUT2D eigenvalue weighted by Crippen LogP contribution is 2.35. The van der Waals surface area contributed by atoms with Crippen molar-refractivity contribution < 1.29 is 9.18 Å². The van der Waals surface area contributed by atoms with Crippen LogP contribution in [0, 0.1) is 12.7 Å². The van der Waals surface area contributed by atoms with Crippen molar-refractivity contribution >= 4 is 22.6 Å². The van der Waals surface area contributed by atoms with Crippen LogP contribution in [0.1, 0.15) is 30.4 Å². The number of amides is 1. The van der Waals surface area contributed by atoms with Crippen LogP contribution in [0.15, 0.2) is 48.8 Å². The van der Waals surface area contributed by atoms with Crippen LogP contribution in [-0.2, 0) is 11.2 Å². The van der Waals surface area contributed by atoms with Gasteiger partial charge in [0.15, 0.2) is 0 Å². The lowest BCUT2D eigenvalue weighted by Crippen LogP contribution is -2.49. The van der Waals surface area contributed by atoms with Crippen molar-refractivity contribution in [1.29, 1.82) is 0 Å². The molecule has 3 aromatic rings. The van der Waals surface area contributed by atoms with Gasteiger partial charge in [0.2, 0.25) is 5.91 Å².